The van der Waals surface area contributed by atoms with Gasteiger partial charge in [-0.3, -0.25) is 4.39 Å². The highest BCUT2D eigenvalue weighted by atomic mass is 79.9. The molecular formula is C9H8BrFO2S. The maximum absolute atomic E-state index is 11.9. The molecule has 1 aromatic rings. The number of alkyl halides is 1. The number of carboxylic acid groups (broad SMARTS) is 1. The van der Waals surface area contributed by atoms with Gasteiger partial charge in [0, 0.05) is 15.1 Å². The first-order valence-electron chi connectivity index (χ1n) is 3.86. The van der Waals surface area contributed by atoms with E-state index in [0.29, 0.717) is 10.2 Å². The van der Waals surface area contributed by atoms with Crippen LogP contribution in [0.4, 0.5) is 4.39 Å². The molecule has 0 saturated heterocycles. The van der Waals surface area contributed by atoms with Crippen molar-refractivity contribution in [1.29, 1.82) is 0 Å². The van der Waals surface area contributed by atoms with Gasteiger partial charge in [-0.15, -0.1) is 11.8 Å². The standard InChI is InChI=1S/C9H8BrFO2S/c10-8-2-1-6(14-4-3-11)5-7(8)9(12)13/h1-2,5H,3-4H2,(H,12,13). The second-order valence-corrected chi connectivity index (χ2v) is 4.51. The number of benzene rings is 1. The number of hydrogen-bond donors (Lipinski definition) is 1. The molecule has 76 valence electrons. The van der Waals surface area contributed by atoms with Crippen LogP contribution >= 0.6 is 27.7 Å². The summed E-state index contributed by atoms with van der Waals surface area (Å²) in [6, 6.07) is 4.95. The van der Waals surface area contributed by atoms with E-state index >= 15 is 0 Å². The molecular weight excluding hydrogens is 271 g/mol. The maximum atomic E-state index is 11.9. The predicted molar refractivity (Wildman–Crippen MR) is 57.8 cm³/mol. The first-order chi connectivity index (χ1) is 6.65. The van der Waals surface area contributed by atoms with Crippen molar-refractivity contribution in [3.63, 3.8) is 0 Å². The number of carbonyl (C=O) groups is 1. The minimum Gasteiger partial charge on any atom is -0.478 e. The minimum atomic E-state index is -0.987. The molecule has 0 spiro atoms. The molecule has 2 nitrogen and oxygen atoms in total. The summed E-state index contributed by atoms with van der Waals surface area (Å²) in [6.07, 6.45) is 0. The Labute approximate surface area is 93.6 Å². The Morgan fingerprint density at radius 1 is 1.57 bits per heavy atom. The summed E-state index contributed by atoms with van der Waals surface area (Å²) in [5.41, 5.74) is 0.203. The molecule has 0 aliphatic rings. The van der Waals surface area contributed by atoms with E-state index in [-0.39, 0.29) is 5.56 Å². The van der Waals surface area contributed by atoms with Crippen molar-refractivity contribution in [2.24, 2.45) is 0 Å². The molecule has 1 aromatic carbocycles. The highest BCUT2D eigenvalue weighted by Crippen LogP contribution is 2.24. The molecule has 1 N–H and O–H groups in total. The molecule has 0 aliphatic heterocycles. The summed E-state index contributed by atoms with van der Waals surface area (Å²) in [5.74, 6) is -0.639. The highest BCUT2D eigenvalue weighted by Gasteiger charge is 2.08. The highest BCUT2D eigenvalue weighted by molar-refractivity contribution is 9.10. The number of halogens is 2. The first-order valence-corrected chi connectivity index (χ1v) is 5.64. The Balaban J connectivity index is 2.89. The van der Waals surface area contributed by atoms with Gasteiger partial charge < -0.3 is 5.11 Å². The lowest BCUT2D eigenvalue weighted by Crippen LogP contribution is -1.97. The molecule has 5 heteroatoms. The van der Waals surface area contributed by atoms with Crippen LogP contribution in [0.25, 0.3) is 0 Å². The summed E-state index contributed by atoms with van der Waals surface area (Å²) in [4.78, 5) is 11.5. The Morgan fingerprint density at radius 2 is 2.29 bits per heavy atom. The third-order valence-corrected chi connectivity index (χ3v) is 3.15. The fourth-order valence-electron chi connectivity index (χ4n) is 0.914. The molecule has 0 aromatic heterocycles. The van der Waals surface area contributed by atoms with E-state index in [0.717, 1.165) is 4.90 Å². The molecule has 0 amide bonds. The van der Waals surface area contributed by atoms with Crippen molar-refractivity contribution >= 4 is 33.7 Å². The summed E-state index contributed by atoms with van der Waals surface area (Å²) < 4.78 is 12.4. The first kappa shape index (κ1) is 11.5. The van der Waals surface area contributed by atoms with E-state index in [1.807, 2.05) is 0 Å². The SMILES string of the molecule is O=C(O)c1cc(SCCF)ccc1Br. The lowest BCUT2D eigenvalue weighted by atomic mass is 10.2. The molecule has 0 bridgehead atoms. The van der Waals surface area contributed by atoms with Crippen LogP contribution in [0.3, 0.4) is 0 Å². The van der Waals surface area contributed by atoms with Gasteiger partial charge in [-0.1, -0.05) is 0 Å². The van der Waals surface area contributed by atoms with Gasteiger partial charge in [-0.2, -0.15) is 0 Å². The average Bonchev–Trinajstić information content (AvgIpc) is 2.16. The number of aromatic carboxylic acids is 1. The van der Waals surface area contributed by atoms with Crippen LogP contribution in [-0.2, 0) is 0 Å². The van der Waals surface area contributed by atoms with Crippen LogP contribution in [0, 0.1) is 0 Å². The number of rotatable bonds is 4. The molecule has 0 saturated carbocycles. The summed E-state index contributed by atoms with van der Waals surface area (Å²) >= 11 is 4.44. The Hall–Kier alpha value is -0.550. The zero-order valence-electron chi connectivity index (χ0n) is 7.17. The number of thioether (sulfide) groups is 1. The number of hydrogen-bond acceptors (Lipinski definition) is 2. The summed E-state index contributed by atoms with van der Waals surface area (Å²) in [6.45, 7) is -0.414. The third kappa shape index (κ3) is 2.99. The van der Waals surface area contributed by atoms with E-state index < -0.39 is 12.6 Å². The second kappa shape index (κ2) is 5.36. The van der Waals surface area contributed by atoms with Gasteiger partial charge in [0.2, 0.25) is 0 Å². The monoisotopic (exact) mass is 278 g/mol. The topological polar surface area (TPSA) is 37.3 Å². The molecule has 0 unspecified atom stereocenters. The zero-order valence-corrected chi connectivity index (χ0v) is 9.57. The van der Waals surface area contributed by atoms with Crippen LogP contribution in [0.15, 0.2) is 27.6 Å². The summed E-state index contributed by atoms with van der Waals surface area (Å²) in [5, 5.41) is 8.80. The molecule has 0 radical (unpaired) electrons. The van der Waals surface area contributed by atoms with Gasteiger partial charge >= 0.3 is 5.97 Å². The predicted octanol–water partition coefficient (Wildman–Crippen LogP) is 3.21. The zero-order chi connectivity index (χ0) is 10.6. The van der Waals surface area contributed by atoms with Gasteiger partial charge in [0.1, 0.15) is 0 Å². The van der Waals surface area contributed by atoms with Gasteiger partial charge in [0.25, 0.3) is 0 Å². The van der Waals surface area contributed by atoms with Crippen molar-refractivity contribution in [3.8, 4) is 0 Å². The Kier molecular flexibility index (Phi) is 4.41. The van der Waals surface area contributed by atoms with E-state index in [4.69, 9.17) is 5.11 Å². The van der Waals surface area contributed by atoms with Crippen LogP contribution < -0.4 is 0 Å². The van der Waals surface area contributed by atoms with E-state index in [1.165, 1.54) is 17.8 Å². The fourth-order valence-corrected chi connectivity index (χ4v) is 2.01. The number of carboxylic acids is 1. The second-order valence-electron chi connectivity index (χ2n) is 2.48. The van der Waals surface area contributed by atoms with Gasteiger partial charge in [0.05, 0.1) is 12.2 Å². The maximum Gasteiger partial charge on any atom is 0.336 e. The van der Waals surface area contributed by atoms with Crippen LogP contribution in [-0.4, -0.2) is 23.5 Å². The van der Waals surface area contributed by atoms with Gasteiger partial charge in [-0.25, -0.2) is 4.79 Å². The van der Waals surface area contributed by atoms with Crippen molar-refractivity contribution in [3.05, 3.63) is 28.2 Å². The third-order valence-electron chi connectivity index (χ3n) is 1.51. The lowest BCUT2D eigenvalue weighted by molar-refractivity contribution is 0.0695. The molecule has 1 rings (SSSR count). The molecule has 14 heavy (non-hydrogen) atoms. The molecule has 0 aliphatic carbocycles. The van der Waals surface area contributed by atoms with Gasteiger partial charge in [-0.05, 0) is 34.1 Å². The normalized spacial score (nSPS) is 10.1. The average molecular weight is 279 g/mol. The fraction of sp³-hybridized carbons (Fsp3) is 0.222. The molecule has 0 fully saturated rings. The van der Waals surface area contributed by atoms with Gasteiger partial charge in [0.15, 0.2) is 0 Å². The Morgan fingerprint density at radius 3 is 2.86 bits per heavy atom. The van der Waals surface area contributed by atoms with Crippen molar-refractivity contribution in [1.82, 2.24) is 0 Å². The quantitative estimate of drug-likeness (QED) is 0.860. The smallest absolute Gasteiger partial charge is 0.336 e. The van der Waals surface area contributed by atoms with E-state index in [2.05, 4.69) is 15.9 Å². The largest absolute Gasteiger partial charge is 0.478 e. The van der Waals surface area contributed by atoms with Crippen LogP contribution in [0.1, 0.15) is 10.4 Å². The Bertz CT molecular complexity index is 344. The van der Waals surface area contributed by atoms with Crippen molar-refractivity contribution < 1.29 is 14.3 Å². The van der Waals surface area contributed by atoms with E-state index in [1.54, 1.807) is 12.1 Å². The van der Waals surface area contributed by atoms with E-state index in [9.17, 15) is 9.18 Å². The summed E-state index contributed by atoms with van der Waals surface area (Å²) in [7, 11) is 0. The molecule has 0 heterocycles. The van der Waals surface area contributed by atoms with Crippen molar-refractivity contribution in [2.45, 2.75) is 4.90 Å². The lowest BCUT2D eigenvalue weighted by Gasteiger charge is -2.02. The molecule has 0 atom stereocenters. The van der Waals surface area contributed by atoms with Crippen LogP contribution in [0.5, 0.6) is 0 Å². The minimum absolute atomic E-state index is 0.203. The van der Waals surface area contributed by atoms with Crippen molar-refractivity contribution in [2.75, 3.05) is 12.4 Å². The van der Waals surface area contributed by atoms with Crippen LogP contribution in [0.2, 0.25) is 0 Å².